The zero-order valence-corrected chi connectivity index (χ0v) is 14.6. The second-order valence-electron chi connectivity index (χ2n) is 7.16. The highest BCUT2D eigenvalue weighted by Gasteiger charge is 2.41. The minimum atomic E-state index is -0.0253. The normalized spacial score (nSPS) is 23.3. The molecule has 0 aliphatic carbocycles. The van der Waals surface area contributed by atoms with Crippen LogP contribution in [-0.2, 0) is 11.2 Å². The quantitative estimate of drug-likeness (QED) is 0.861. The third kappa shape index (κ3) is 3.06. The molecule has 2 saturated heterocycles. The lowest BCUT2D eigenvalue weighted by atomic mass is 9.82. The van der Waals surface area contributed by atoms with Crippen LogP contribution < -0.4 is 0 Å². The maximum Gasteiger partial charge on any atom is 0.276 e. The molecule has 4 rings (SSSR count). The molecule has 2 aromatic rings. The van der Waals surface area contributed by atoms with Gasteiger partial charge in [0.1, 0.15) is 0 Å². The van der Waals surface area contributed by atoms with Gasteiger partial charge in [-0.3, -0.25) is 4.79 Å². The Hall–Kier alpha value is -2.21. The molecule has 2 aliphatic heterocycles. The first-order chi connectivity index (χ1) is 12.2. The highest BCUT2D eigenvalue weighted by molar-refractivity contribution is 5.92. The van der Waals surface area contributed by atoms with Crippen LogP contribution >= 0.6 is 0 Å². The van der Waals surface area contributed by atoms with E-state index < -0.39 is 0 Å². The molecule has 1 amide bonds. The minimum Gasteiger partial charge on any atom is -0.381 e. The van der Waals surface area contributed by atoms with Crippen LogP contribution in [0.1, 0.15) is 42.2 Å². The Morgan fingerprint density at radius 3 is 3.00 bits per heavy atom. The first-order valence-electron chi connectivity index (χ1n) is 9.08. The number of aryl methyl sites for hydroxylation is 1. The minimum absolute atomic E-state index is 0.0253. The molecule has 6 heteroatoms. The third-order valence-corrected chi connectivity index (χ3v) is 5.46. The van der Waals surface area contributed by atoms with Gasteiger partial charge in [0, 0.05) is 25.1 Å². The maximum absolute atomic E-state index is 12.8. The number of carbonyl (C=O) groups is 1. The van der Waals surface area contributed by atoms with Crippen molar-refractivity contribution in [1.82, 2.24) is 19.9 Å². The summed E-state index contributed by atoms with van der Waals surface area (Å²) in [7, 11) is 0. The summed E-state index contributed by atoms with van der Waals surface area (Å²) in [6, 6.07) is 8.07. The van der Waals surface area contributed by atoms with Gasteiger partial charge < -0.3 is 9.64 Å². The van der Waals surface area contributed by atoms with E-state index >= 15 is 0 Å². The Labute approximate surface area is 147 Å². The molecule has 0 bridgehead atoms. The first-order valence-corrected chi connectivity index (χ1v) is 9.08. The zero-order valence-electron chi connectivity index (χ0n) is 14.6. The van der Waals surface area contributed by atoms with Crippen molar-refractivity contribution in [3.8, 4) is 5.69 Å². The highest BCUT2D eigenvalue weighted by Crippen LogP contribution is 2.38. The molecule has 2 fully saturated rings. The van der Waals surface area contributed by atoms with E-state index in [-0.39, 0.29) is 11.3 Å². The van der Waals surface area contributed by atoms with Crippen molar-refractivity contribution >= 4 is 5.91 Å². The van der Waals surface area contributed by atoms with Gasteiger partial charge in [-0.05, 0) is 37.3 Å². The lowest BCUT2D eigenvalue weighted by molar-refractivity contribution is -0.00163. The number of benzene rings is 1. The summed E-state index contributed by atoms with van der Waals surface area (Å²) in [5, 5.41) is 8.32. The molecule has 1 unspecified atom stereocenters. The van der Waals surface area contributed by atoms with Crippen molar-refractivity contribution in [2.45, 2.75) is 32.6 Å². The standard InChI is InChI=1S/C19H24N4O2/c1-2-15-6-3-4-7-17(15)23-12-16(20-21-23)18(24)22-10-9-19(13-22)8-5-11-25-14-19/h3-4,6-7,12H,2,5,8-11,13-14H2,1H3. The average Bonchev–Trinajstić information content (AvgIpc) is 3.30. The van der Waals surface area contributed by atoms with Crippen LogP contribution in [-0.4, -0.2) is 52.1 Å². The number of ether oxygens (including phenoxy) is 1. The predicted octanol–water partition coefficient (Wildman–Crippen LogP) is 2.47. The van der Waals surface area contributed by atoms with Crippen LogP contribution in [0.5, 0.6) is 0 Å². The molecule has 6 nitrogen and oxygen atoms in total. The second kappa shape index (κ2) is 6.59. The van der Waals surface area contributed by atoms with Gasteiger partial charge in [-0.1, -0.05) is 30.3 Å². The Balaban J connectivity index is 1.51. The summed E-state index contributed by atoms with van der Waals surface area (Å²) in [5.41, 5.74) is 2.74. The molecule has 1 atom stereocenters. The fourth-order valence-electron chi connectivity index (χ4n) is 4.02. The third-order valence-electron chi connectivity index (χ3n) is 5.46. The van der Waals surface area contributed by atoms with Gasteiger partial charge in [0.05, 0.1) is 18.5 Å². The van der Waals surface area contributed by atoms with Gasteiger partial charge in [-0.2, -0.15) is 0 Å². The fraction of sp³-hybridized carbons (Fsp3) is 0.526. The van der Waals surface area contributed by atoms with Gasteiger partial charge in [0.2, 0.25) is 0 Å². The second-order valence-corrected chi connectivity index (χ2v) is 7.16. The summed E-state index contributed by atoms with van der Waals surface area (Å²) in [4.78, 5) is 14.8. The first kappa shape index (κ1) is 16.3. The monoisotopic (exact) mass is 340 g/mol. The molecule has 3 heterocycles. The Morgan fingerprint density at radius 1 is 1.32 bits per heavy atom. The summed E-state index contributed by atoms with van der Waals surface area (Å²) in [6.07, 6.45) is 5.91. The number of carbonyl (C=O) groups excluding carboxylic acids is 1. The molecule has 0 saturated carbocycles. The Kier molecular flexibility index (Phi) is 4.29. The Bertz CT molecular complexity index is 764. The van der Waals surface area contributed by atoms with E-state index in [1.807, 2.05) is 23.1 Å². The van der Waals surface area contributed by atoms with Crippen molar-refractivity contribution in [2.75, 3.05) is 26.3 Å². The van der Waals surface area contributed by atoms with Crippen molar-refractivity contribution < 1.29 is 9.53 Å². The number of para-hydroxylation sites is 1. The van der Waals surface area contributed by atoms with E-state index in [9.17, 15) is 4.79 Å². The van der Waals surface area contributed by atoms with Crippen LogP contribution in [0.2, 0.25) is 0 Å². The van der Waals surface area contributed by atoms with Gasteiger partial charge in [0.15, 0.2) is 5.69 Å². The number of likely N-dealkylation sites (tertiary alicyclic amines) is 1. The van der Waals surface area contributed by atoms with Gasteiger partial charge in [-0.15, -0.1) is 5.10 Å². The summed E-state index contributed by atoms with van der Waals surface area (Å²) >= 11 is 0. The average molecular weight is 340 g/mol. The van der Waals surface area contributed by atoms with Crippen molar-refractivity contribution in [3.63, 3.8) is 0 Å². The topological polar surface area (TPSA) is 60.2 Å². The van der Waals surface area contributed by atoms with Gasteiger partial charge >= 0.3 is 0 Å². The maximum atomic E-state index is 12.8. The van der Waals surface area contributed by atoms with E-state index in [0.29, 0.717) is 5.69 Å². The van der Waals surface area contributed by atoms with Crippen LogP contribution in [0.15, 0.2) is 30.5 Å². The molecule has 1 aromatic heterocycles. The SMILES string of the molecule is CCc1ccccc1-n1cc(C(=O)N2CCC3(CCCOC3)C2)nn1. The van der Waals surface area contributed by atoms with Gasteiger partial charge in [-0.25, -0.2) is 4.68 Å². The number of rotatable bonds is 3. The fourth-order valence-corrected chi connectivity index (χ4v) is 4.02. The summed E-state index contributed by atoms with van der Waals surface area (Å²) < 4.78 is 7.37. The lowest BCUT2D eigenvalue weighted by Gasteiger charge is -2.32. The molecule has 0 N–H and O–H groups in total. The molecular weight excluding hydrogens is 316 g/mol. The molecule has 25 heavy (non-hydrogen) atoms. The number of hydrogen-bond acceptors (Lipinski definition) is 4. The molecule has 0 radical (unpaired) electrons. The highest BCUT2D eigenvalue weighted by atomic mass is 16.5. The van der Waals surface area contributed by atoms with Gasteiger partial charge in [0.25, 0.3) is 5.91 Å². The van der Waals surface area contributed by atoms with Crippen molar-refractivity contribution in [2.24, 2.45) is 5.41 Å². The summed E-state index contributed by atoms with van der Waals surface area (Å²) in [6.45, 7) is 5.27. The van der Waals surface area contributed by atoms with E-state index in [4.69, 9.17) is 4.74 Å². The van der Waals surface area contributed by atoms with Crippen LogP contribution in [0, 0.1) is 5.41 Å². The molecule has 1 aromatic carbocycles. The van der Waals surface area contributed by atoms with Crippen molar-refractivity contribution in [3.05, 3.63) is 41.7 Å². The van der Waals surface area contributed by atoms with Crippen LogP contribution in [0.4, 0.5) is 0 Å². The number of aromatic nitrogens is 3. The van der Waals surface area contributed by atoms with E-state index in [2.05, 4.69) is 23.3 Å². The number of nitrogens with zero attached hydrogens (tertiary/aromatic N) is 4. The van der Waals surface area contributed by atoms with E-state index in [0.717, 1.165) is 57.7 Å². The molecule has 1 spiro atoms. The largest absolute Gasteiger partial charge is 0.381 e. The smallest absolute Gasteiger partial charge is 0.276 e. The number of amides is 1. The van der Waals surface area contributed by atoms with Crippen LogP contribution in [0.3, 0.4) is 0 Å². The zero-order chi connectivity index (χ0) is 17.3. The predicted molar refractivity (Wildman–Crippen MR) is 93.7 cm³/mol. The molecular formula is C19H24N4O2. The van der Waals surface area contributed by atoms with E-state index in [1.165, 1.54) is 5.56 Å². The van der Waals surface area contributed by atoms with E-state index in [1.54, 1.807) is 10.9 Å². The number of hydrogen-bond donors (Lipinski definition) is 0. The van der Waals surface area contributed by atoms with Crippen LogP contribution in [0.25, 0.3) is 5.69 Å². The Morgan fingerprint density at radius 2 is 2.20 bits per heavy atom. The van der Waals surface area contributed by atoms with Crippen molar-refractivity contribution in [1.29, 1.82) is 0 Å². The summed E-state index contributed by atoms with van der Waals surface area (Å²) in [5.74, 6) is -0.0253. The lowest BCUT2D eigenvalue weighted by Crippen LogP contribution is -2.37. The molecule has 132 valence electrons. The molecule has 2 aliphatic rings.